The number of amides is 1. The van der Waals surface area contributed by atoms with Crippen LogP contribution in [0.15, 0.2) is 53.4 Å². The van der Waals surface area contributed by atoms with E-state index in [-0.39, 0.29) is 15.8 Å². The Kier molecular flexibility index (Phi) is 4.94. The SMILES string of the molecule is O=C(Nc1ccc(Cl)c(S(=O)(=O)N2CCCC2)c1)c1cc2ccccc2s1. The van der Waals surface area contributed by atoms with Crippen molar-refractivity contribution in [2.75, 3.05) is 18.4 Å². The Bertz CT molecular complexity index is 1090. The summed E-state index contributed by atoms with van der Waals surface area (Å²) in [6.45, 7) is 0.994. The number of benzene rings is 2. The molecule has 5 nitrogen and oxygen atoms in total. The van der Waals surface area contributed by atoms with Crippen LogP contribution in [0, 0.1) is 0 Å². The van der Waals surface area contributed by atoms with Gasteiger partial charge in [0.15, 0.2) is 0 Å². The fourth-order valence-corrected chi connectivity index (χ4v) is 6.11. The van der Waals surface area contributed by atoms with Crippen LogP contribution in [-0.4, -0.2) is 31.7 Å². The molecular weight excluding hydrogens is 404 g/mol. The first-order valence-corrected chi connectivity index (χ1v) is 11.2. The van der Waals surface area contributed by atoms with Crippen molar-refractivity contribution >= 4 is 54.6 Å². The molecule has 1 N–H and O–H groups in total. The maximum absolute atomic E-state index is 12.8. The molecule has 4 rings (SSSR count). The molecule has 8 heteroatoms. The molecule has 2 aromatic carbocycles. The molecule has 0 bridgehead atoms. The summed E-state index contributed by atoms with van der Waals surface area (Å²) < 4.78 is 28.1. The lowest BCUT2D eigenvalue weighted by molar-refractivity contribution is 0.103. The number of anilines is 1. The van der Waals surface area contributed by atoms with Crippen LogP contribution in [0.2, 0.25) is 5.02 Å². The third-order valence-corrected chi connectivity index (χ3v) is 8.02. The molecular formula is C19H17ClN2O3S2. The summed E-state index contributed by atoms with van der Waals surface area (Å²) in [5, 5.41) is 3.93. The maximum Gasteiger partial charge on any atom is 0.265 e. The molecule has 1 aliphatic heterocycles. The van der Waals surface area contributed by atoms with E-state index in [1.807, 2.05) is 30.3 Å². The molecule has 0 unspecified atom stereocenters. The Balaban J connectivity index is 1.61. The van der Waals surface area contributed by atoms with Gasteiger partial charge in [-0.3, -0.25) is 4.79 Å². The highest BCUT2D eigenvalue weighted by molar-refractivity contribution is 7.89. The number of carbonyl (C=O) groups excluding carboxylic acids is 1. The van der Waals surface area contributed by atoms with Gasteiger partial charge in [0.05, 0.1) is 9.90 Å². The second-order valence-electron chi connectivity index (χ2n) is 6.36. The van der Waals surface area contributed by atoms with Gasteiger partial charge in [0.1, 0.15) is 4.90 Å². The van der Waals surface area contributed by atoms with Crippen LogP contribution in [-0.2, 0) is 10.0 Å². The zero-order chi connectivity index (χ0) is 19.0. The third kappa shape index (κ3) is 3.60. The van der Waals surface area contributed by atoms with Crippen molar-refractivity contribution in [2.24, 2.45) is 0 Å². The van der Waals surface area contributed by atoms with E-state index < -0.39 is 10.0 Å². The number of hydrogen-bond donors (Lipinski definition) is 1. The van der Waals surface area contributed by atoms with Crippen LogP contribution in [0.3, 0.4) is 0 Å². The number of halogens is 1. The van der Waals surface area contributed by atoms with Gasteiger partial charge in [-0.25, -0.2) is 8.42 Å². The highest BCUT2D eigenvalue weighted by Crippen LogP contribution is 2.31. The summed E-state index contributed by atoms with van der Waals surface area (Å²) in [5.74, 6) is -0.275. The summed E-state index contributed by atoms with van der Waals surface area (Å²) in [6.07, 6.45) is 1.69. The molecule has 3 aromatic rings. The normalized spacial score (nSPS) is 15.3. The zero-order valence-corrected chi connectivity index (χ0v) is 16.7. The molecule has 0 aliphatic carbocycles. The molecule has 1 amide bonds. The maximum atomic E-state index is 12.8. The molecule has 0 saturated carbocycles. The fourth-order valence-electron chi connectivity index (χ4n) is 3.13. The average molecular weight is 421 g/mol. The first kappa shape index (κ1) is 18.4. The minimum atomic E-state index is -3.66. The number of nitrogens with one attached hydrogen (secondary N) is 1. The second kappa shape index (κ2) is 7.24. The first-order chi connectivity index (χ1) is 12.9. The van der Waals surface area contributed by atoms with Crippen LogP contribution in [0.25, 0.3) is 10.1 Å². The lowest BCUT2D eigenvalue weighted by atomic mass is 10.2. The quantitative estimate of drug-likeness (QED) is 0.671. The Morgan fingerprint density at radius 3 is 2.56 bits per heavy atom. The number of nitrogens with zero attached hydrogens (tertiary/aromatic N) is 1. The van der Waals surface area contributed by atoms with Crippen molar-refractivity contribution in [2.45, 2.75) is 17.7 Å². The van der Waals surface area contributed by atoms with Gasteiger partial charge in [-0.2, -0.15) is 4.31 Å². The van der Waals surface area contributed by atoms with E-state index in [9.17, 15) is 13.2 Å². The lowest BCUT2D eigenvalue weighted by Crippen LogP contribution is -2.28. The topological polar surface area (TPSA) is 66.5 Å². The Morgan fingerprint density at radius 2 is 1.81 bits per heavy atom. The summed E-state index contributed by atoms with van der Waals surface area (Å²) in [5.41, 5.74) is 0.402. The molecule has 1 aromatic heterocycles. The molecule has 27 heavy (non-hydrogen) atoms. The monoisotopic (exact) mass is 420 g/mol. The Labute approximate surface area is 166 Å². The van der Waals surface area contributed by atoms with Gasteiger partial charge in [-0.1, -0.05) is 29.8 Å². The molecule has 0 spiro atoms. The van der Waals surface area contributed by atoms with Crippen molar-refractivity contribution in [1.82, 2.24) is 4.31 Å². The summed E-state index contributed by atoms with van der Waals surface area (Å²) >= 11 is 7.54. The van der Waals surface area contributed by atoms with Crippen molar-refractivity contribution in [3.63, 3.8) is 0 Å². The van der Waals surface area contributed by atoms with Gasteiger partial charge in [-0.05, 0) is 48.6 Å². The molecule has 140 valence electrons. The number of carbonyl (C=O) groups is 1. The minimum absolute atomic E-state index is 0.0280. The van der Waals surface area contributed by atoms with E-state index in [0.717, 1.165) is 22.9 Å². The van der Waals surface area contributed by atoms with Crippen LogP contribution in [0.5, 0.6) is 0 Å². The van der Waals surface area contributed by atoms with Crippen molar-refractivity contribution in [3.05, 3.63) is 58.4 Å². The highest BCUT2D eigenvalue weighted by Gasteiger charge is 2.29. The zero-order valence-electron chi connectivity index (χ0n) is 14.3. The molecule has 0 atom stereocenters. The summed E-state index contributed by atoms with van der Waals surface area (Å²) in [4.78, 5) is 13.2. The standard InChI is InChI=1S/C19H17ClN2O3S2/c20-15-8-7-14(12-18(15)27(24,25)22-9-3-4-10-22)21-19(23)17-11-13-5-1-2-6-16(13)26-17/h1-2,5-8,11-12H,3-4,9-10H2,(H,21,23). The lowest BCUT2D eigenvalue weighted by Gasteiger charge is -2.17. The average Bonchev–Trinajstić information content (AvgIpc) is 3.33. The van der Waals surface area contributed by atoms with Crippen LogP contribution >= 0.6 is 22.9 Å². The second-order valence-corrected chi connectivity index (χ2v) is 9.76. The summed E-state index contributed by atoms with van der Waals surface area (Å²) in [7, 11) is -3.66. The fraction of sp³-hybridized carbons (Fsp3) is 0.211. The minimum Gasteiger partial charge on any atom is -0.321 e. The van der Waals surface area contributed by atoms with Crippen molar-refractivity contribution in [3.8, 4) is 0 Å². The third-order valence-electron chi connectivity index (χ3n) is 4.52. The van der Waals surface area contributed by atoms with E-state index in [1.165, 1.54) is 27.8 Å². The number of rotatable bonds is 4. The number of sulfonamides is 1. The highest BCUT2D eigenvalue weighted by atomic mass is 35.5. The predicted molar refractivity (Wildman–Crippen MR) is 109 cm³/mol. The van der Waals surface area contributed by atoms with Gasteiger partial charge >= 0.3 is 0 Å². The molecule has 0 radical (unpaired) electrons. The van der Waals surface area contributed by atoms with Gasteiger partial charge in [0, 0.05) is 23.5 Å². The van der Waals surface area contributed by atoms with E-state index in [1.54, 1.807) is 6.07 Å². The number of thiophene rings is 1. The van der Waals surface area contributed by atoms with E-state index in [0.29, 0.717) is 23.7 Å². The molecule has 1 fully saturated rings. The number of fused-ring (bicyclic) bond motifs is 1. The van der Waals surface area contributed by atoms with Gasteiger partial charge < -0.3 is 5.32 Å². The smallest absolute Gasteiger partial charge is 0.265 e. The Morgan fingerprint density at radius 1 is 1.07 bits per heavy atom. The molecule has 1 aliphatic rings. The first-order valence-electron chi connectivity index (χ1n) is 8.55. The van der Waals surface area contributed by atoms with Crippen LogP contribution in [0.4, 0.5) is 5.69 Å². The Hall–Kier alpha value is -1.93. The number of hydrogen-bond acceptors (Lipinski definition) is 4. The predicted octanol–water partition coefficient (Wildman–Crippen LogP) is 4.59. The van der Waals surface area contributed by atoms with Crippen molar-refractivity contribution in [1.29, 1.82) is 0 Å². The van der Waals surface area contributed by atoms with Gasteiger partial charge in [-0.15, -0.1) is 11.3 Å². The summed E-state index contributed by atoms with van der Waals surface area (Å²) in [6, 6.07) is 14.1. The van der Waals surface area contributed by atoms with Gasteiger partial charge in [0.25, 0.3) is 5.91 Å². The largest absolute Gasteiger partial charge is 0.321 e. The van der Waals surface area contributed by atoms with Crippen LogP contribution in [0.1, 0.15) is 22.5 Å². The van der Waals surface area contributed by atoms with Crippen molar-refractivity contribution < 1.29 is 13.2 Å². The van der Waals surface area contributed by atoms with Crippen LogP contribution < -0.4 is 5.32 Å². The molecule has 1 saturated heterocycles. The van der Waals surface area contributed by atoms with E-state index in [2.05, 4.69) is 5.32 Å². The van der Waals surface area contributed by atoms with Gasteiger partial charge in [0.2, 0.25) is 10.0 Å². The van der Waals surface area contributed by atoms with E-state index in [4.69, 9.17) is 11.6 Å². The van der Waals surface area contributed by atoms with E-state index >= 15 is 0 Å². The molecule has 2 heterocycles.